The molecule has 1 saturated heterocycles. The Bertz CT molecular complexity index is 876. The van der Waals surface area contributed by atoms with Gasteiger partial charge >= 0.3 is 0 Å². The molecule has 1 fully saturated rings. The van der Waals surface area contributed by atoms with E-state index in [1.54, 1.807) is 30.3 Å². The highest BCUT2D eigenvalue weighted by Gasteiger charge is 2.27. The maximum absolute atomic E-state index is 13.6. The van der Waals surface area contributed by atoms with Crippen molar-refractivity contribution >= 4 is 27.3 Å². The number of thiophene rings is 1. The van der Waals surface area contributed by atoms with Crippen LogP contribution in [0, 0.1) is 5.82 Å². The summed E-state index contributed by atoms with van der Waals surface area (Å²) in [6.07, 6.45) is -0.0585. The summed E-state index contributed by atoms with van der Waals surface area (Å²) >= 11 is 1.13. The van der Waals surface area contributed by atoms with Crippen molar-refractivity contribution in [2.75, 3.05) is 26.3 Å². The van der Waals surface area contributed by atoms with Gasteiger partial charge in [0.05, 0.1) is 26.2 Å². The fourth-order valence-corrected chi connectivity index (χ4v) is 5.43. The third-order valence-corrected chi connectivity index (χ3v) is 7.42. The zero-order chi connectivity index (χ0) is 18.6. The van der Waals surface area contributed by atoms with Crippen molar-refractivity contribution in [1.82, 2.24) is 9.62 Å². The van der Waals surface area contributed by atoms with Gasteiger partial charge in [0.25, 0.3) is 10.0 Å². The molecule has 3 rings (SSSR count). The van der Waals surface area contributed by atoms with Gasteiger partial charge in [0, 0.05) is 18.0 Å². The molecule has 0 atom stereocenters. The molecule has 26 heavy (non-hydrogen) atoms. The van der Waals surface area contributed by atoms with Crippen LogP contribution in [0.1, 0.15) is 10.4 Å². The van der Waals surface area contributed by atoms with Crippen LogP contribution in [-0.4, -0.2) is 44.9 Å². The lowest BCUT2D eigenvalue weighted by Gasteiger charge is -2.25. The molecule has 0 saturated carbocycles. The molecule has 1 aliphatic rings. The fraction of sp³-hybridized carbons (Fsp3) is 0.353. The zero-order valence-electron chi connectivity index (χ0n) is 14.0. The van der Waals surface area contributed by atoms with Crippen LogP contribution in [0.3, 0.4) is 0 Å². The van der Waals surface area contributed by atoms with E-state index in [4.69, 9.17) is 4.74 Å². The van der Waals surface area contributed by atoms with Gasteiger partial charge in [-0.1, -0.05) is 18.2 Å². The highest BCUT2D eigenvalue weighted by molar-refractivity contribution is 7.91. The minimum atomic E-state index is -3.52. The number of hydrogen-bond donors (Lipinski definition) is 1. The number of amides is 1. The number of carbonyl (C=O) groups excluding carboxylic acids is 1. The number of benzene rings is 1. The van der Waals surface area contributed by atoms with Crippen LogP contribution in [0.15, 0.2) is 40.6 Å². The fourth-order valence-electron chi connectivity index (χ4n) is 2.57. The van der Waals surface area contributed by atoms with E-state index in [1.807, 2.05) is 0 Å². The Labute approximate surface area is 155 Å². The zero-order valence-corrected chi connectivity index (χ0v) is 15.6. The Balaban J connectivity index is 1.58. The average Bonchev–Trinajstić information content (AvgIpc) is 3.13. The minimum absolute atomic E-state index is 0.0585. The first kappa shape index (κ1) is 19.0. The highest BCUT2D eigenvalue weighted by atomic mass is 32.2. The van der Waals surface area contributed by atoms with E-state index in [9.17, 15) is 17.6 Å². The minimum Gasteiger partial charge on any atom is -0.379 e. The second-order valence-electron chi connectivity index (χ2n) is 5.78. The van der Waals surface area contributed by atoms with Crippen molar-refractivity contribution < 1.29 is 22.3 Å². The molecule has 6 nitrogen and oxygen atoms in total. The number of sulfonamides is 1. The lowest BCUT2D eigenvalue weighted by atomic mass is 10.1. The number of ether oxygens (including phenoxy) is 1. The van der Waals surface area contributed by atoms with Crippen molar-refractivity contribution in [3.63, 3.8) is 0 Å². The van der Waals surface area contributed by atoms with Gasteiger partial charge in [0.2, 0.25) is 5.91 Å². The largest absolute Gasteiger partial charge is 0.379 e. The molecule has 2 aromatic rings. The number of halogens is 1. The molecule has 1 N–H and O–H groups in total. The van der Waals surface area contributed by atoms with Crippen molar-refractivity contribution in [3.05, 3.63) is 52.7 Å². The summed E-state index contributed by atoms with van der Waals surface area (Å²) in [7, 11) is -3.52. The van der Waals surface area contributed by atoms with Crippen LogP contribution < -0.4 is 5.32 Å². The highest BCUT2D eigenvalue weighted by Crippen LogP contribution is 2.25. The Hall–Kier alpha value is -1.81. The smallest absolute Gasteiger partial charge is 0.252 e. The average molecular weight is 398 g/mol. The second-order valence-corrected chi connectivity index (χ2v) is 9.12. The van der Waals surface area contributed by atoms with E-state index in [0.717, 1.165) is 16.2 Å². The third kappa shape index (κ3) is 4.47. The molecule has 1 aliphatic heterocycles. The first-order valence-electron chi connectivity index (χ1n) is 8.13. The number of nitrogens with zero attached hydrogens (tertiary/aromatic N) is 1. The predicted octanol–water partition coefficient (Wildman–Crippen LogP) is 1.77. The SMILES string of the molecule is O=C(Cc1ccccc1F)NCc1ccc(S(=O)(=O)N2CCOCC2)s1. The van der Waals surface area contributed by atoms with Gasteiger partial charge < -0.3 is 10.1 Å². The number of carbonyl (C=O) groups is 1. The lowest BCUT2D eigenvalue weighted by Crippen LogP contribution is -2.40. The summed E-state index contributed by atoms with van der Waals surface area (Å²) < 4.78 is 45.5. The van der Waals surface area contributed by atoms with E-state index in [0.29, 0.717) is 31.9 Å². The molecule has 0 aliphatic carbocycles. The standard InChI is InChI=1S/C17H19FN2O4S2/c18-15-4-2-1-3-13(15)11-16(21)19-12-14-5-6-17(25-14)26(22,23)20-7-9-24-10-8-20/h1-6H,7-12H2,(H,19,21). The Morgan fingerprint density at radius 3 is 2.65 bits per heavy atom. The molecule has 1 aromatic heterocycles. The molecule has 9 heteroatoms. The molecule has 0 unspecified atom stereocenters. The van der Waals surface area contributed by atoms with Crippen LogP contribution in [-0.2, 0) is 32.5 Å². The van der Waals surface area contributed by atoms with Crippen LogP contribution in [0.4, 0.5) is 4.39 Å². The summed E-state index contributed by atoms with van der Waals surface area (Å²) in [5, 5.41) is 2.70. The molecule has 140 valence electrons. The van der Waals surface area contributed by atoms with Crippen molar-refractivity contribution in [2.45, 2.75) is 17.2 Å². The molecular weight excluding hydrogens is 379 g/mol. The van der Waals surface area contributed by atoms with E-state index >= 15 is 0 Å². The number of rotatable bonds is 6. The van der Waals surface area contributed by atoms with Gasteiger partial charge in [-0.15, -0.1) is 11.3 Å². The van der Waals surface area contributed by atoms with Crippen LogP contribution in [0.5, 0.6) is 0 Å². The maximum Gasteiger partial charge on any atom is 0.252 e. The van der Waals surface area contributed by atoms with E-state index in [2.05, 4.69) is 5.32 Å². The second kappa shape index (κ2) is 8.26. The molecule has 0 bridgehead atoms. The molecule has 1 amide bonds. The molecule has 1 aromatic carbocycles. The number of nitrogens with one attached hydrogen (secondary N) is 1. The third-order valence-electron chi connectivity index (χ3n) is 3.97. The van der Waals surface area contributed by atoms with E-state index in [1.165, 1.54) is 10.4 Å². The molecule has 0 spiro atoms. The first-order valence-corrected chi connectivity index (χ1v) is 10.4. The van der Waals surface area contributed by atoms with E-state index < -0.39 is 15.8 Å². The molecular formula is C17H19FN2O4S2. The molecule has 2 heterocycles. The van der Waals surface area contributed by atoms with Gasteiger partial charge in [-0.05, 0) is 23.8 Å². The van der Waals surface area contributed by atoms with Gasteiger partial charge in [-0.3, -0.25) is 4.79 Å². The monoisotopic (exact) mass is 398 g/mol. The first-order chi connectivity index (χ1) is 12.5. The van der Waals surface area contributed by atoms with Gasteiger partial charge in [-0.25, -0.2) is 12.8 Å². The number of hydrogen-bond acceptors (Lipinski definition) is 5. The summed E-state index contributed by atoms with van der Waals surface area (Å²) in [5.74, 6) is -0.737. The summed E-state index contributed by atoms with van der Waals surface area (Å²) in [6.45, 7) is 1.67. The van der Waals surface area contributed by atoms with Crippen LogP contribution in [0.25, 0.3) is 0 Å². The Kier molecular flexibility index (Phi) is 6.02. The van der Waals surface area contributed by atoms with Gasteiger partial charge in [0.15, 0.2) is 0 Å². The Morgan fingerprint density at radius 2 is 1.92 bits per heavy atom. The Morgan fingerprint density at radius 1 is 1.19 bits per heavy atom. The quantitative estimate of drug-likeness (QED) is 0.805. The topological polar surface area (TPSA) is 75.7 Å². The van der Waals surface area contributed by atoms with E-state index in [-0.39, 0.29) is 23.1 Å². The van der Waals surface area contributed by atoms with Crippen molar-refractivity contribution in [1.29, 1.82) is 0 Å². The van der Waals surface area contributed by atoms with Crippen molar-refractivity contribution in [3.8, 4) is 0 Å². The van der Waals surface area contributed by atoms with Crippen LogP contribution >= 0.6 is 11.3 Å². The van der Waals surface area contributed by atoms with Crippen molar-refractivity contribution in [2.24, 2.45) is 0 Å². The number of morpholine rings is 1. The molecule has 0 radical (unpaired) electrons. The summed E-state index contributed by atoms with van der Waals surface area (Å²) in [5.41, 5.74) is 0.326. The lowest BCUT2D eigenvalue weighted by molar-refractivity contribution is -0.120. The van der Waals surface area contributed by atoms with Gasteiger partial charge in [0.1, 0.15) is 10.0 Å². The normalized spacial score (nSPS) is 15.7. The predicted molar refractivity (Wildman–Crippen MR) is 95.8 cm³/mol. The van der Waals surface area contributed by atoms with Gasteiger partial charge in [-0.2, -0.15) is 4.31 Å². The summed E-state index contributed by atoms with van der Waals surface area (Å²) in [6, 6.07) is 9.35. The maximum atomic E-state index is 13.6. The van der Waals surface area contributed by atoms with Crippen LogP contribution in [0.2, 0.25) is 0 Å². The summed E-state index contributed by atoms with van der Waals surface area (Å²) in [4.78, 5) is 12.7.